The van der Waals surface area contributed by atoms with Crippen LogP contribution in [0, 0.1) is 6.92 Å². The van der Waals surface area contributed by atoms with E-state index in [9.17, 15) is 4.79 Å². The van der Waals surface area contributed by atoms with Crippen LogP contribution in [0.25, 0.3) is 0 Å². The Morgan fingerprint density at radius 1 is 1.07 bits per heavy atom. The molecule has 1 fully saturated rings. The number of carbonyl (C=O) groups excluding carboxylic acids is 1. The molecule has 3 aromatic rings. The van der Waals surface area contributed by atoms with Crippen LogP contribution in [0.1, 0.15) is 17.4 Å². The third kappa shape index (κ3) is 4.31. The maximum atomic E-state index is 13.2. The highest BCUT2D eigenvalue weighted by atomic mass is 16.5. The number of amides is 1. The number of aromatic nitrogens is 1. The molecule has 2 heterocycles. The molecule has 7 nitrogen and oxygen atoms in total. The van der Waals surface area contributed by atoms with Gasteiger partial charge in [0.25, 0.3) is 0 Å². The minimum Gasteiger partial charge on any atom is -0.495 e. The molecule has 4 rings (SSSR count). The van der Waals surface area contributed by atoms with Crippen molar-refractivity contribution in [3.63, 3.8) is 0 Å². The van der Waals surface area contributed by atoms with E-state index in [1.54, 1.807) is 20.1 Å². The van der Waals surface area contributed by atoms with Gasteiger partial charge in [-0.2, -0.15) is 0 Å². The van der Waals surface area contributed by atoms with E-state index in [1.807, 2.05) is 48.5 Å². The van der Waals surface area contributed by atoms with Crippen LogP contribution >= 0.6 is 0 Å². The van der Waals surface area contributed by atoms with E-state index < -0.39 is 6.04 Å². The smallest absolute Gasteiger partial charge is 0.247 e. The van der Waals surface area contributed by atoms with Gasteiger partial charge in [0.2, 0.25) is 5.91 Å². The standard InChI is InChI=1S/C23H26N4O3/c1-17-16-21(25-30-17)24-23(28)22(18-8-4-3-5-9-18)27-14-12-26(13-15-27)19-10-6-7-11-20(19)29-2/h3-11,16,22H,12-15H2,1-2H3,(H,24,25,28). The Kier molecular flexibility index (Phi) is 5.99. The normalized spacial score (nSPS) is 15.6. The zero-order valence-electron chi connectivity index (χ0n) is 17.2. The molecule has 1 aliphatic heterocycles. The zero-order chi connectivity index (χ0) is 20.9. The Labute approximate surface area is 176 Å². The molecule has 0 radical (unpaired) electrons. The summed E-state index contributed by atoms with van der Waals surface area (Å²) in [6.07, 6.45) is 0. The summed E-state index contributed by atoms with van der Waals surface area (Å²) < 4.78 is 10.6. The quantitative estimate of drug-likeness (QED) is 0.676. The Morgan fingerprint density at radius 3 is 2.43 bits per heavy atom. The minimum absolute atomic E-state index is 0.111. The fraction of sp³-hybridized carbons (Fsp3) is 0.304. The van der Waals surface area contributed by atoms with Crippen LogP contribution in [0.5, 0.6) is 5.75 Å². The number of aryl methyl sites for hydroxylation is 1. The van der Waals surface area contributed by atoms with Crippen molar-refractivity contribution < 1.29 is 14.1 Å². The Bertz CT molecular complexity index is 981. The summed E-state index contributed by atoms with van der Waals surface area (Å²) in [7, 11) is 1.69. The topological polar surface area (TPSA) is 70.8 Å². The first-order valence-electron chi connectivity index (χ1n) is 10.1. The second-order valence-corrected chi connectivity index (χ2v) is 7.32. The predicted octanol–water partition coefficient (Wildman–Crippen LogP) is 3.49. The van der Waals surface area contributed by atoms with Crippen LogP contribution in [0.2, 0.25) is 0 Å². The molecule has 7 heteroatoms. The second kappa shape index (κ2) is 9.00. The highest BCUT2D eigenvalue weighted by molar-refractivity contribution is 5.94. The van der Waals surface area contributed by atoms with Crippen LogP contribution < -0.4 is 15.0 Å². The highest BCUT2D eigenvalue weighted by Crippen LogP contribution is 2.30. The molecule has 0 saturated carbocycles. The summed E-state index contributed by atoms with van der Waals surface area (Å²) in [6, 6.07) is 19.2. The maximum absolute atomic E-state index is 13.2. The minimum atomic E-state index is -0.400. The fourth-order valence-electron chi connectivity index (χ4n) is 3.90. The Morgan fingerprint density at radius 2 is 1.77 bits per heavy atom. The van der Waals surface area contributed by atoms with Crippen molar-refractivity contribution >= 4 is 17.4 Å². The summed E-state index contributed by atoms with van der Waals surface area (Å²) in [4.78, 5) is 17.7. The first-order valence-corrected chi connectivity index (χ1v) is 10.1. The molecule has 0 spiro atoms. The number of nitrogens with zero attached hydrogens (tertiary/aromatic N) is 3. The van der Waals surface area contributed by atoms with E-state index in [-0.39, 0.29) is 5.91 Å². The molecule has 1 N–H and O–H groups in total. The van der Waals surface area contributed by atoms with Gasteiger partial charge in [-0.3, -0.25) is 9.69 Å². The summed E-state index contributed by atoms with van der Waals surface area (Å²) >= 11 is 0. The van der Waals surface area contributed by atoms with Crippen LogP contribution in [0.4, 0.5) is 11.5 Å². The number of anilines is 2. The monoisotopic (exact) mass is 406 g/mol. The van der Waals surface area contributed by atoms with Gasteiger partial charge in [-0.15, -0.1) is 0 Å². The van der Waals surface area contributed by atoms with E-state index in [0.29, 0.717) is 11.6 Å². The van der Waals surface area contributed by atoms with Gasteiger partial charge >= 0.3 is 0 Å². The molecule has 1 atom stereocenters. The number of carbonyl (C=O) groups is 1. The average molecular weight is 406 g/mol. The fourth-order valence-corrected chi connectivity index (χ4v) is 3.90. The molecular formula is C23H26N4O3. The van der Waals surface area contributed by atoms with Crippen LogP contribution in [-0.2, 0) is 4.79 Å². The average Bonchev–Trinajstić information content (AvgIpc) is 3.19. The molecule has 1 unspecified atom stereocenters. The highest BCUT2D eigenvalue weighted by Gasteiger charge is 2.31. The van der Waals surface area contributed by atoms with Crippen molar-refractivity contribution in [2.75, 3.05) is 43.5 Å². The van der Waals surface area contributed by atoms with Crippen molar-refractivity contribution in [2.45, 2.75) is 13.0 Å². The van der Waals surface area contributed by atoms with Gasteiger partial charge in [0.1, 0.15) is 17.6 Å². The molecular weight excluding hydrogens is 380 g/mol. The van der Waals surface area contributed by atoms with Crippen LogP contribution in [-0.4, -0.2) is 49.3 Å². The van der Waals surface area contributed by atoms with Gasteiger partial charge in [-0.05, 0) is 24.6 Å². The van der Waals surface area contributed by atoms with Gasteiger partial charge in [0.05, 0.1) is 12.8 Å². The number of para-hydroxylation sites is 2. The number of hydrogen-bond acceptors (Lipinski definition) is 6. The lowest BCUT2D eigenvalue weighted by Gasteiger charge is -2.40. The van der Waals surface area contributed by atoms with E-state index in [2.05, 4.69) is 26.3 Å². The molecule has 1 aliphatic rings. The summed E-state index contributed by atoms with van der Waals surface area (Å²) in [6.45, 7) is 4.92. The number of piperazine rings is 1. The molecule has 1 amide bonds. The van der Waals surface area contributed by atoms with Crippen molar-refractivity contribution in [1.82, 2.24) is 10.1 Å². The number of ether oxygens (including phenoxy) is 1. The van der Waals surface area contributed by atoms with Gasteiger partial charge in [-0.25, -0.2) is 0 Å². The number of rotatable bonds is 6. The van der Waals surface area contributed by atoms with Crippen molar-refractivity contribution in [1.29, 1.82) is 0 Å². The summed E-state index contributed by atoms with van der Waals surface area (Å²) in [5.41, 5.74) is 2.04. The van der Waals surface area contributed by atoms with Gasteiger partial charge < -0.3 is 19.5 Å². The maximum Gasteiger partial charge on any atom is 0.247 e. The SMILES string of the molecule is COc1ccccc1N1CCN(C(C(=O)Nc2cc(C)on2)c2ccccc2)CC1. The Balaban J connectivity index is 1.51. The molecule has 30 heavy (non-hydrogen) atoms. The Hall–Kier alpha value is -3.32. The van der Waals surface area contributed by atoms with Gasteiger partial charge in [0.15, 0.2) is 5.82 Å². The molecule has 1 aromatic heterocycles. The second-order valence-electron chi connectivity index (χ2n) is 7.32. The number of methoxy groups -OCH3 is 1. The van der Waals surface area contributed by atoms with Crippen molar-refractivity contribution in [3.8, 4) is 5.75 Å². The van der Waals surface area contributed by atoms with Crippen molar-refractivity contribution in [3.05, 3.63) is 72.0 Å². The molecule has 0 aliphatic carbocycles. The third-order valence-electron chi connectivity index (χ3n) is 5.35. The lowest BCUT2D eigenvalue weighted by atomic mass is 10.0. The predicted molar refractivity (Wildman–Crippen MR) is 116 cm³/mol. The van der Waals surface area contributed by atoms with Gasteiger partial charge in [-0.1, -0.05) is 47.6 Å². The first kappa shape index (κ1) is 20.0. The van der Waals surface area contributed by atoms with Crippen LogP contribution in [0.3, 0.4) is 0 Å². The van der Waals surface area contributed by atoms with E-state index in [0.717, 1.165) is 43.2 Å². The number of nitrogens with one attached hydrogen (secondary N) is 1. The third-order valence-corrected chi connectivity index (χ3v) is 5.35. The van der Waals surface area contributed by atoms with E-state index >= 15 is 0 Å². The lowest BCUT2D eigenvalue weighted by Crippen LogP contribution is -2.50. The van der Waals surface area contributed by atoms with Gasteiger partial charge in [0, 0.05) is 32.2 Å². The van der Waals surface area contributed by atoms with E-state index in [4.69, 9.17) is 9.26 Å². The summed E-state index contributed by atoms with van der Waals surface area (Å²) in [5.74, 6) is 1.85. The number of hydrogen-bond donors (Lipinski definition) is 1. The summed E-state index contributed by atoms with van der Waals surface area (Å²) in [5, 5.41) is 6.80. The largest absolute Gasteiger partial charge is 0.495 e. The first-order chi connectivity index (χ1) is 14.7. The molecule has 0 bridgehead atoms. The molecule has 2 aromatic carbocycles. The van der Waals surface area contributed by atoms with E-state index in [1.165, 1.54) is 0 Å². The van der Waals surface area contributed by atoms with Crippen LogP contribution in [0.15, 0.2) is 65.2 Å². The van der Waals surface area contributed by atoms with Crippen molar-refractivity contribution in [2.24, 2.45) is 0 Å². The molecule has 1 saturated heterocycles. The number of benzene rings is 2. The zero-order valence-corrected chi connectivity index (χ0v) is 17.2. The lowest BCUT2D eigenvalue weighted by molar-refractivity contribution is -0.121. The molecule has 156 valence electrons.